The molecule has 1 aliphatic carbocycles. The average Bonchev–Trinajstić information content (AvgIpc) is 2.56. The number of aldehydes is 1. The predicted octanol–water partition coefficient (Wildman–Crippen LogP) is 2.73. The van der Waals surface area contributed by atoms with Gasteiger partial charge in [-0.2, -0.15) is 0 Å². The number of carbonyl (C=O) groups is 2. The van der Waals surface area contributed by atoms with E-state index in [1.165, 1.54) is 18.6 Å². The fourth-order valence-corrected chi connectivity index (χ4v) is 3.05. The highest BCUT2D eigenvalue weighted by atomic mass is 16.6. The van der Waals surface area contributed by atoms with E-state index < -0.39 is 4.92 Å². The Morgan fingerprint density at radius 3 is 2.83 bits per heavy atom. The van der Waals surface area contributed by atoms with Crippen LogP contribution in [0.4, 0.5) is 5.69 Å². The van der Waals surface area contributed by atoms with Crippen LogP contribution in [-0.4, -0.2) is 29.8 Å². The third kappa shape index (κ3) is 4.31. The van der Waals surface area contributed by atoms with Gasteiger partial charge >= 0.3 is 0 Å². The van der Waals surface area contributed by atoms with Crippen molar-refractivity contribution in [3.8, 4) is 5.75 Å². The molecule has 0 unspecified atom stereocenters. The number of carbonyl (C=O) groups excluding carboxylic acids is 2. The molecule has 0 aromatic heterocycles. The molecule has 130 valence electrons. The minimum Gasteiger partial charge on any atom is -0.483 e. The zero-order valence-corrected chi connectivity index (χ0v) is 13.9. The second kappa shape index (κ2) is 7.90. The average molecular weight is 334 g/mol. The summed E-state index contributed by atoms with van der Waals surface area (Å²) in [5.74, 6) is 0.890. The first-order valence-electron chi connectivity index (χ1n) is 8.08. The highest BCUT2D eigenvalue weighted by molar-refractivity contribution is 5.82. The Balaban J connectivity index is 1.94. The lowest BCUT2D eigenvalue weighted by atomic mass is 9.78. The summed E-state index contributed by atoms with van der Waals surface area (Å²) in [6.45, 7) is 4.10. The predicted molar refractivity (Wildman–Crippen MR) is 88.1 cm³/mol. The van der Waals surface area contributed by atoms with Gasteiger partial charge in [-0.3, -0.25) is 19.7 Å². The molecule has 1 aromatic carbocycles. The lowest BCUT2D eigenvalue weighted by Gasteiger charge is -2.34. The number of nitrogens with zero attached hydrogens (tertiary/aromatic N) is 1. The summed E-state index contributed by atoms with van der Waals surface area (Å²) in [5, 5.41) is 13.7. The molecule has 3 atom stereocenters. The molecule has 1 aromatic rings. The summed E-state index contributed by atoms with van der Waals surface area (Å²) >= 11 is 0. The molecule has 1 N–H and O–H groups in total. The van der Waals surface area contributed by atoms with Crippen LogP contribution in [0.1, 0.15) is 43.5 Å². The number of hydrogen-bond donors (Lipinski definition) is 1. The van der Waals surface area contributed by atoms with E-state index in [-0.39, 0.29) is 35.6 Å². The number of nitro groups is 1. The second-order valence-corrected chi connectivity index (χ2v) is 6.33. The van der Waals surface area contributed by atoms with E-state index in [4.69, 9.17) is 4.74 Å². The maximum absolute atomic E-state index is 12.1. The highest BCUT2D eigenvalue weighted by Crippen LogP contribution is 2.29. The van der Waals surface area contributed by atoms with Gasteiger partial charge in [0.1, 0.15) is 5.75 Å². The molecule has 1 fully saturated rings. The Morgan fingerprint density at radius 2 is 2.17 bits per heavy atom. The third-order valence-corrected chi connectivity index (χ3v) is 4.74. The SMILES string of the molecule is C[C@H]1[C@@H](NC(=O)COc2ccc([N+](=O)[O-])cc2C=O)CCC[C@@H]1C. The fourth-order valence-electron chi connectivity index (χ4n) is 3.05. The van der Waals surface area contributed by atoms with Crippen LogP contribution < -0.4 is 10.1 Å². The Morgan fingerprint density at radius 1 is 1.42 bits per heavy atom. The molecular formula is C17H22N2O5. The molecular weight excluding hydrogens is 312 g/mol. The molecule has 1 amide bonds. The topological polar surface area (TPSA) is 98.5 Å². The van der Waals surface area contributed by atoms with E-state index in [1.54, 1.807) is 0 Å². The van der Waals surface area contributed by atoms with Gasteiger partial charge in [0.15, 0.2) is 12.9 Å². The smallest absolute Gasteiger partial charge is 0.270 e. The van der Waals surface area contributed by atoms with Crippen LogP contribution in [0.15, 0.2) is 18.2 Å². The van der Waals surface area contributed by atoms with Gasteiger partial charge in [-0.15, -0.1) is 0 Å². The molecule has 24 heavy (non-hydrogen) atoms. The maximum atomic E-state index is 12.1. The van der Waals surface area contributed by atoms with Crippen LogP contribution in [0, 0.1) is 22.0 Å². The summed E-state index contributed by atoms with van der Waals surface area (Å²) in [6, 6.07) is 3.84. The number of non-ortho nitro benzene ring substituents is 1. The largest absolute Gasteiger partial charge is 0.483 e. The van der Waals surface area contributed by atoms with E-state index in [1.807, 2.05) is 0 Å². The lowest BCUT2D eigenvalue weighted by molar-refractivity contribution is -0.384. The van der Waals surface area contributed by atoms with Crippen molar-refractivity contribution in [1.29, 1.82) is 0 Å². The molecule has 0 spiro atoms. The molecule has 0 bridgehead atoms. The van der Waals surface area contributed by atoms with Crippen molar-refractivity contribution in [1.82, 2.24) is 5.32 Å². The van der Waals surface area contributed by atoms with Crippen molar-refractivity contribution in [2.24, 2.45) is 11.8 Å². The van der Waals surface area contributed by atoms with Crippen LogP contribution >= 0.6 is 0 Å². The van der Waals surface area contributed by atoms with Crippen LogP contribution in [0.5, 0.6) is 5.75 Å². The van der Waals surface area contributed by atoms with Crippen molar-refractivity contribution < 1.29 is 19.2 Å². The summed E-state index contributed by atoms with van der Waals surface area (Å²) in [5.41, 5.74) is -0.143. The van der Waals surface area contributed by atoms with Crippen molar-refractivity contribution in [3.63, 3.8) is 0 Å². The van der Waals surface area contributed by atoms with Gasteiger partial charge in [-0.1, -0.05) is 26.7 Å². The zero-order valence-electron chi connectivity index (χ0n) is 13.9. The molecule has 1 aliphatic rings. The quantitative estimate of drug-likeness (QED) is 0.490. The number of amides is 1. The normalized spacial score (nSPS) is 23.3. The van der Waals surface area contributed by atoms with E-state index in [9.17, 15) is 19.7 Å². The number of nitrogens with one attached hydrogen (secondary N) is 1. The van der Waals surface area contributed by atoms with E-state index in [0.717, 1.165) is 18.9 Å². The number of benzene rings is 1. The van der Waals surface area contributed by atoms with Gasteiger partial charge in [-0.25, -0.2) is 0 Å². The fraction of sp³-hybridized carbons (Fsp3) is 0.529. The molecule has 7 heteroatoms. The monoisotopic (exact) mass is 334 g/mol. The van der Waals surface area contributed by atoms with Crippen molar-refractivity contribution in [2.45, 2.75) is 39.2 Å². The third-order valence-electron chi connectivity index (χ3n) is 4.74. The van der Waals surface area contributed by atoms with Gasteiger partial charge in [0.05, 0.1) is 10.5 Å². The molecule has 0 saturated heterocycles. The molecule has 2 rings (SSSR count). The van der Waals surface area contributed by atoms with Crippen molar-refractivity contribution in [3.05, 3.63) is 33.9 Å². The molecule has 7 nitrogen and oxygen atoms in total. The van der Waals surface area contributed by atoms with Gasteiger partial charge in [0.2, 0.25) is 0 Å². The molecule has 0 aliphatic heterocycles. The minimum absolute atomic E-state index is 0.0525. The Hall–Kier alpha value is -2.44. The van der Waals surface area contributed by atoms with Gasteiger partial charge in [0, 0.05) is 18.2 Å². The number of hydrogen-bond acceptors (Lipinski definition) is 5. The Kier molecular flexibility index (Phi) is 5.89. The van der Waals surface area contributed by atoms with Crippen LogP contribution in [0.25, 0.3) is 0 Å². The molecule has 0 radical (unpaired) electrons. The van der Waals surface area contributed by atoms with Crippen molar-refractivity contribution in [2.75, 3.05) is 6.61 Å². The maximum Gasteiger partial charge on any atom is 0.270 e. The van der Waals surface area contributed by atoms with Crippen LogP contribution in [-0.2, 0) is 4.79 Å². The van der Waals surface area contributed by atoms with E-state index in [2.05, 4.69) is 19.2 Å². The van der Waals surface area contributed by atoms with Gasteiger partial charge < -0.3 is 10.1 Å². The van der Waals surface area contributed by atoms with Crippen molar-refractivity contribution >= 4 is 17.9 Å². The minimum atomic E-state index is -0.588. The van der Waals surface area contributed by atoms with Crippen LogP contribution in [0.2, 0.25) is 0 Å². The molecule has 1 saturated carbocycles. The summed E-state index contributed by atoms with van der Waals surface area (Å²) in [6.07, 6.45) is 3.70. The number of nitro benzene ring substituents is 1. The first kappa shape index (κ1) is 17.9. The molecule has 0 heterocycles. The Labute approximate surface area is 140 Å². The first-order valence-corrected chi connectivity index (χ1v) is 8.08. The number of rotatable bonds is 6. The summed E-state index contributed by atoms with van der Waals surface area (Å²) in [4.78, 5) is 33.2. The summed E-state index contributed by atoms with van der Waals surface area (Å²) < 4.78 is 5.36. The second-order valence-electron chi connectivity index (χ2n) is 6.33. The highest BCUT2D eigenvalue weighted by Gasteiger charge is 2.28. The first-order chi connectivity index (χ1) is 11.4. The summed E-state index contributed by atoms with van der Waals surface area (Å²) in [7, 11) is 0. The van der Waals surface area contributed by atoms with Crippen LogP contribution in [0.3, 0.4) is 0 Å². The van der Waals surface area contributed by atoms with Gasteiger partial charge in [-0.05, 0) is 24.3 Å². The lowest BCUT2D eigenvalue weighted by Crippen LogP contribution is -2.45. The van der Waals surface area contributed by atoms with Gasteiger partial charge in [0.25, 0.3) is 11.6 Å². The zero-order chi connectivity index (χ0) is 17.7. The van der Waals surface area contributed by atoms with E-state index in [0.29, 0.717) is 18.1 Å². The number of ether oxygens (including phenoxy) is 1. The standard InChI is InChI=1S/C17H22N2O5/c1-11-4-3-5-15(12(11)2)18-17(21)10-24-16-7-6-14(19(22)23)8-13(16)9-20/h6-9,11-12,15H,3-5,10H2,1-2H3,(H,18,21)/t11-,12+,15-/m0/s1. The van der Waals surface area contributed by atoms with E-state index >= 15 is 0 Å². The Bertz CT molecular complexity index is 631.